The topological polar surface area (TPSA) is 0 Å². The lowest BCUT2D eigenvalue weighted by atomic mass is 10.1. The Balaban J connectivity index is 2.28. The lowest BCUT2D eigenvalue weighted by molar-refractivity contribution is 0.715. The van der Waals surface area contributed by atoms with Gasteiger partial charge in [-0.15, -0.1) is 0 Å². The van der Waals surface area contributed by atoms with Crippen molar-refractivity contribution in [1.82, 2.24) is 0 Å². The predicted octanol–water partition coefficient (Wildman–Crippen LogP) is 4.47. The summed E-state index contributed by atoms with van der Waals surface area (Å²) in [7, 11) is 0. The lowest BCUT2D eigenvalue weighted by Gasteiger charge is -2.00. The molecule has 0 spiro atoms. The van der Waals surface area contributed by atoms with Crippen LogP contribution in [0.1, 0.15) is 38.2 Å². The van der Waals surface area contributed by atoms with E-state index in [0.717, 1.165) is 11.4 Å². The van der Waals surface area contributed by atoms with Crippen LogP contribution in [0.15, 0.2) is 24.3 Å². The highest BCUT2D eigenvalue weighted by atomic mass is 35.5. The van der Waals surface area contributed by atoms with Crippen molar-refractivity contribution in [2.75, 3.05) is 0 Å². The molecule has 1 aromatic carbocycles. The first-order chi connectivity index (χ1) is 6.33. The van der Waals surface area contributed by atoms with Gasteiger partial charge in [-0.25, -0.2) is 0 Å². The largest absolute Gasteiger partial charge is 0.0843 e. The summed E-state index contributed by atoms with van der Waals surface area (Å²) in [6.07, 6.45) is 7.29. The van der Waals surface area contributed by atoms with Crippen LogP contribution in [0.3, 0.4) is 0 Å². The van der Waals surface area contributed by atoms with Gasteiger partial charge in [0, 0.05) is 5.02 Å². The Kier molecular flexibility index (Phi) is 4.92. The molecule has 0 bridgehead atoms. The zero-order valence-electron chi connectivity index (χ0n) is 8.09. The van der Waals surface area contributed by atoms with Crippen molar-refractivity contribution in [3.05, 3.63) is 41.3 Å². The van der Waals surface area contributed by atoms with Crippen LogP contribution in [0.2, 0.25) is 5.02 Å². The average molecular weight is 196 g/mol. The molecule has 0 heterocycles. The summed E-state index contributed by atoms with van der Waals surface area (Å²) in [5.74, 6) is 0. The smallest absolute Gasteiger partial charge is 0.0408 e. The Morgan fingerprint density at radius 1 is 1.31 bits per heavy atom. The van der Waals surface area contributed by atoms with Gasteiger partial charge >= 0.3 is 0 Å². The van der Waals surface area contributed by atoms with Gasteiger partial charge in [0.05, 0.1) is 0 Å². The molecule has 1 radical (unpaired) electrons. The van der Waals surface area contributed by atoms with E-state index >= 15 is 0 Å². The summed E-state index contributed by atoms with van der Waals surface area (Å²) in [4.78, 5) is 0. The molecule has 0 aliphatic carbocycles. The van der Waals surface area contributed by atoms with Crippen LogP contribution < -0.4 is 0 Å². The Hall–Kier alpha value is -0.490. The molecule has 0 aliphatic heterocycles. The van der Waals surface area contributed by atoms with E-state index in [1.165, 1.54) is 24.8 Å². The van der Waals surface area contributed by atoms with Gasteiger partial charge in [0.25, 0.3) is 0 Å². The summed E-state index contributed by atoms with van der Waals surface area (Å²) in [6, 6.07) is 8.00. The van der Waals surface area contributed by atoms with Crippen LogP contribution in [0, 0.1) is 6.42 Å². The Morgan fingerprint density at radius 2 is 2.15 bits per heavy atom. The van der Waals surface area contributed by atoms with Crippen molar-refractivity contribution in [1.29, 1.82) is 0 Å². The number of rotatable bonds is 5. The molecule has 0 N–H and O–H groups in total. The van der Waals surface area contributed by atoms with Crippen molar-refractivity contribution in [3.63, 3.8) is 0 Å². The van der Waals surface area contributed by atoms with E-state index in [1.54, 1.807) is 0 Å². The van der Waals surface area contributed by atoms with Gasteiger partial charge < -0.3 is 0 Å². The molecule has 0 saturated heterocycles. The van der Waals surface area contributed by atoms with Crippen LogP contribution in [0.25, 0.3) is 0 Å². The Labute approximate surface area is 85.9 Å². The molecular formula is C12H16Cl. The van der Waals surface area contributed by atoms with E-state index in [1.807, 2.05) is 18.2 Å². The van der Waals surface area contributed by atoms with Crippen molar-refractivity contribution >= 4 is 11.6 Å². The molecule has 1 heteroatoms. The summed E-state index contributed by atoms with van der Waals surface area (Å²) in [5, 5.41) is 0.823. The summed E-state index contributed by atoms with van der Waals surface area (Å²) in [6.45, 7) is 2.22. The third-order valence-corrected chi connectivity index (χ3v) is 2.27. The monoisotopic (exact) mass is 195 g/mol. The Morgan fingerprint density at radius 3 is 2.85 bits per heavy atom. The Bertz CT molecular complexity index is 243. The minimum Gasteiger partial charge on any atom is -0.0843 e. The highest BCUT2D eigenvalue weighted by Crippen LogP contribution is 2.14. The molecule has 0 saturated carbocycles. The normalized spacial score (nSPS) is 10.3. The van der Waals surface area contributed by atoms with E-state index in [2.05, 4.69) is 19.4 Å². The maximum absolute atomic E-state index is 5.86. The molecule has 0 amide bonds. The fourth-order valence-corrected chi connectivity index (χ4v) is 1.50. The lowest BCUT2D eigenvalue weighted by Crippen LogP contribution is -1.82. The minimum absolute atomic E-state index is 0.823. The van der Waals surface area contributed by atoms with Crippen molar-refractivity contribution < 1.29 is 0 Å². The molecule has 0 nitrogen and oxygen atoms in total. The van der Waals surface area contributed by atoms with Gasteiger partial charge in [0.2, 0.25) is 0 Å². The van der Waals surface area contributed by atoms with E-state index in [9.17, 15) is 0 Å². The average Bonchev–Trinajstić information content (AvgIpc) is 2.13. The molecule has 1 rings (SSSR count). The highest BCUT2D eigenvalue weighted by Gasteiger charge is 1.94. The molecule has 0 unspecified atom stereocenters. The summed E-state index contributed by atoms with van der Waals surface area (Å²) in [5.41, 5.74) is 1.24. The fraction of sp³-hybridized carbons (Fsp3) is 0.417. The molecule has 1 aromatic rings. The fourth-order valence-electron chi connectivity index (χ4n) is 1.30. The van der Waals surface area contributed by atoms with Crippen molar-refractivity contribution in [2.24, 2.45) is 0 Å². The van der Waals surface area contributed by atoms with Gasteiger partial charge in [0.1, 0.15) is 0 Å². The number of hydrogen-bond donors (Lipinski definition) is 0. The van der Waals surface area contributed by atoms with E-state index < -0.39 is 0 Å². The summed E-state index contributed by atoms with van der Waals surface area (Å²) < 4.78 is 0. The van der Waals surface area contributed by atoms with Crippen LogP contribution >= 0.6 is 11.6 Å². The maximum atomic E-state index is 5.86. The van der Waals surface area contributed by atoms with Gasteiger partial charge in [-0.1, -0.05) is 49.9 Å². The van der Waals surface area contributed by atoms with Crippen LogP contribution in [-0.2, 0) is 0 Å². The number of benzene rings is 1. The standard InChI is InChI=1S/C12H16Cl/c1-2-3-4-5-7-11-8-6-9-12(13)10-11/h6-10H,2-5H2,1H3. The van der Waals surface area contributed by atoms with Crippen LogP contribution in [0.5, 0.6) is 0 Å². The SMILES string of the molecule is CCCCC[CH]c1cccc(Cl)c1. The molecular weight excluding hydrogens is 180 g/mol. The van der Waals surface area contributed by atoms with Crippen molar-refractivity contribution in [2.45, 2.75) is 32.6 Å². The molecule has 0 aliphatic rings. The summed E-state index contributed by atoms with van der Waals surface area (Å²) >= 11 is 5.86. The third-order valence-electron chi connectivity index (χ3n) is 2.04. The highest BCUT2D eigenvalue weighted by molar-refractivity contribution is 6.30. The third kappa shape index (κ3) is 4.33. The molecule has 13 heavy (non-hydrogen) atoms. The first kappa shape index (κ1) is 10.6. The van der Waals surface area contributed by atoms with Crippen molar-refractivity contribution in [3.8, 4) is 0 Å². The van der Waals surface area contributed by atoms with Gasteiger partial charge in [-0.2, -0.15) is 0 Å². The van der Waals surface area contributed by atoms with E-state index in [0.29, 0.717) is 0 Å². The van der Waals surface area contributed by atoms with Crippen LogP contribution in [0.4, 0.5) is 0 Å². The zero-order chi connectivity index (χ0) is 9.52. The second-order valence-corrected chi connectivity index (χ2v) is 3.69. The second kappa shape index (κ2) is 6.04. The maximum Gasteiger partial charge on any atom is 0.0408 e. The molecule has 0 atom stereocenters. The van der Waals surface area contributed by atoms with Gasteiger partial charge in [-0.05, 0) is 30.5 Å². The first-order valence-electron chi connectivity index (χ1n) is 4.91. The quantitative estimate of drug-likeness (QED) is 0.608. The minimum atomic E-state index is 0.823. The predicted molar refractivity (Wildman–Crippen MR) is 59.0 cm³/mol. The van der Waals surface area contributed by atoms with Gasteiger partial charge in [0.15, 0.2) is 0 Å². The molecule has 0 fully saturated rings. The zero-order valence-corrected chi connectivity index (χ0v) is 8.85. The first-order valence-corrected chi connectivity index (χ1v) is 5.29. The number of halogens is 1. The van der Waals surface area contributed by atoms with Crippen LogP contribution in [-0.4, -0.2) is 0 Å². The molecule has 0 aromatic heterocycles. The second-order valence-electron chi connectivity index (χ2n) is 3.25. The van der Waals surface area contributed by atoms with E-state index in [4.69, 9.17) is 11.6 Å². The van der Waals surface area contributed by atoms with Gasteiger partial charge in [-0.3, -0.25) is 0 Å². The van der Waals surface area contributed by atoms with E-state index in [-0.39, 0.29) is 0 Å². The number of unbranched alkanes of at least 4 members (excludes halogenated alkanes) is 3. The molecule has 71 valence electrons. The number of hydrogen-bond acceptors (Lipinski definition) is 0.